The van der Waals surface area contributed by atoms with Crippen LogP contribution < -0.4 is 0 Å². The molecule has 2 bridgehead atoms. The van der Waals surface area contributed by atoms with Gasteiger partial charge in [-0.2, -0.15) is 0 Å². The highest BCUT2D eigenvalue weighted by atomic mass is 19.3. The van der Waals surface area contributed by atoms with Gasteiger partial charge in [-0.3, -0.25) is 0 Å². The molecule has 0 spiro atoms. The molecule has 3 fully saturated rings. The van der Waals surface area contributed by atoms with Crippen molar-refractivity contribution in [1.82, 2.24) is 0 Å². The van der Waals surface area contributed by atoms with Gasteiger partial charge in [0.2, 0.25) is 0 Å². The third-order valence-electron chi connectivity index (χ3n) is 4.74. The Morgan fingerprint density at radius 2 is 1.69 bits per heavy atom. The zero-order valence-corrected chi connectivity index (χ0v) is 10.6. The summed E-state index contributed by atoms with van der Waals surface area (Å²) in [6.07, 6.45) is 2.06. The fourth-order valence-corrected chi connectivity index (χ4v) is 3.51. The molecule has 0 heterocycles. The van der Waals surface area contributed by atoms with E-state index < -0.39 is 16.8 Å². The van der Waals surface area contributed by atoms with Crippen LogP contribution in [0.4, 0.5) is 8.78 Å². The standard InChI is InChI=1S/C13H22F2O/c1-9(2)12-7-11(8-12,13(12,14)15)5-6-16-10(3)4/h9-10H,5-8H2,1-4H3. The summed E-state index contributed by atoms with van der Waals surface area (Å²) in [4.78, 5) is 0. The smallest absolute Gasteiger partial charge is 0.259 e. The van der Waals surface area contributed by atoms with Gasteiger partial charge in [0.05, 0.1) is 6.10 Å². The molecule has 16 heavy (non-hydrogen) atoms. The highest BCUT2D eigenvalue weighted by Crippen LogP contribution is 2.85. The number of hydrogen-bond donors (Lipinski definition) is 0. The van der Waals surface area contributed by atoms with Crippen molar-refractivity contribution in [3.63, 3.8) is 0 Å². The lowest BCUT2D eigenvalue weighted by Gasteiger charge is -2.77. The van der Waals surface area contributed by atoms with Crippen molar-refractivity contribution in [1.29, 1.82) is 0 Å². The summed E-state index contributed by atoms with van der Waals surface area (Å²) in [5, 5.41) is 0. The lowest BCUT2D eigenvalue weighted by Crippen LogP contribution is -2.80. The van der Waals surface area contributed by atoms with Crippen LogP contribution in [0.1, 0.15) is 47.0 Å². The van der Waals surface area contributed by atoms with Gasteiger partial charge in [-0.1, -0.05) is 13.8 Å². The van der Waals surface area contributed by atoms with Crippen LogP contribution in [-0.4, -0.2) is 18.6 Å². The number of halogens is 2. The first-order chi connectivity index (χ1) is 7.27. The second-order valence-corrected chi connectivity index (χ2v) is 6.19. The van der Waals surface area contributed by atoms with Crippen LogP contribution in [-0.2, 0) is 4.74 Å². The average molecular weight is 232 g/mol. The Morgan fingerprint density at radius 1 is 1.12 bits per heavy atom. The third-order valence-corrected chi connectivity index (χ3v) is 4.74. The van der Waals surface area contributed by atoms with Crippen molar-refractivity contribution in [2.75, 3.05) is 6.61 Å². The van der Waals surface area contributed by atoms with Crippen molar-refractivity contribution in [2.45, 2.75) is 59.0 Å². The minimum absolute atomic E-state index is 0.0930. The van der Waals surface area contributed by atoms with Gasteiger partial charge in [0.25, 0.3) is 5.92 Å². The van der Waals surface area contributed by atoms with Crippen molar-refractivity contribution in [3.8, 4) is 0 Å². The number of ether oxygens (including phenoxy) is 1. The van der Waals surface area contributed by atoms with Gasteiger partial charge in [-0.25, -0.2) is 8.78 Å². The Hall–Kier alpha value is -0.180. The molecule has 0 unspecified atom stereocenters. The molecule has 0 saturated heterocycles. The Bertz CT molecular complexity index is 278. The van der Waals surface area contributed by atoms with E-state index >= 15 is 0 Å². The fourth-order valence-electron chi connectivity index (χ4n) is 3.51. The minimum atomic E-state index is -2.45. The van der Waals surface area contributed by atoms with Crippen molar-refractivity contribution < 1.29 is 13.5 Å². The van der Waals surface area contributed by atoms with E-state index in [1.807, 2.05) is 27.7 Å². The van der Waals surface area contributed by atoms with Crippen LogP contribution in [0.2, 0.25) is 0 Å². The number of alkyl halides is 2. The van der Waals surface area contributed by atoms with Crippen LogP contribution in [0, 0.1) is 16.7 Å². The van der Waals surface area contributed by atoms with E-state index in [-0.39, 0.29) is 12.0 Å². The SMILES string of the molecule is CC(C)OCCC12CC(C(C)C)(C1)C2(F)F. The Kier molecular flexibility index (Phi) is 2.62. The highest BCUT2D eigenvalue weighted by molar-refractivity contribution is 5.29. The predicted octanol–water partition coefficient (Wildman–Crippen LogP) is 3.87. The summed E-state index contributed by atoms with van der Waals surface area (Å²) in [6, 6.07) is 0. The minimum Gasteiger partial charge on any atom is -0.379 e. The Balaban J connectivity index is 1.91. The quantitative estimate of drug-likeness (QED) is 0.699. The molecule has 3 aliphatic rings. The topological polar surface area (TPSA) is 9.23 Å². The molecule has 3 aliphatic carbocycles. The summed E-state index contributed by atoms with van der Waals surface area (Å²) in [6.45, 7) is 8.19. The van der Waals surface area contributed by atoms with E-state index in [0.29, 0.717) is 25.9 Å². The maximum Gasteiger partial charge on any atom is 0.259 e. The van der Waals surface area contributed by atoms with E-state index in [1.165, 1.54) is 0 Å². The summed E-state index contributed by atoms with van der Waals surface area (Å²) in [5.41, 5.74) is -1.39. The first-order valence-electron chi connectivity index (χ1n) is 6.27. The van der Waals surface area contributed by atoms with E-state index in [2.05, 4.69) is 0 Å². The molecular formula is C13H22F2O. The van der Waals surface area contributed by atoms with Gasteiger partial charge < -0.3 is 4.74 Å². The first-order valence-corrected chi connectivity index (χ1v) is 6.27. The molecule has 3 heteroatoms. The maximum atomic E-state index is 14.0. The van der Waals surface area contributed by atoms with Crippen LogP contribution in [0.15, 0.2) is 0 Å². The van der Waals surface area contributed by atoms with E-state index in [4.69, 9.17) is 4.74 Å². The molecule has 3 rings (SSSR count). The van der Waals surface area contributed by atoms with Gasteiger partial charge in [0.1, 0.15) is 0 Å². The monoisotopic (exact) mass is 232 g/mol. The lowest BCUT2D eigenvalue weighted by atomic mass is 9.29. The molecule has 94 valence electrons. The van der Waals surface area contributed by atoms with Crippen molar-refractivity contribution >= 4 is 0 Å². The first kappa shape index (κ1) is 12.3. The third kappa shape index (κ3) is 1.24. The van der Waals surface area contributed by atoms with Gasteiger partial charge in [0.15, 0.2) is 0 Å². The summed E-state index contributed by atoms with van der Waals surface area (Å²) in [5.74, 6) is -2.36. The zero-order valence-electron chi connectivity index (χ0n) is 10.6. The van der Waals surface area contributed by atoms with Gasteiger partial charge in [-0.15, -0.1) is 0 Å². The Labute approximate surface area is 96.6 Å². The molecular weight excluding hydrogens is 210 g/mol. The van der Waals surface area contributed by atoms with Gasteiger partial charge >= 0.3 is 0 Å². The molecule has 0 aromatic heterocycles. The molecule has 3 saturated carbocycles. The molecule has 0 radical (unpaired) electrons. The fraction of sp³-hybridized carbons (Fsp3) is 1.00. The number of hydrogen-bond acceptors (Lipinski definition) is 1. The van der Waals surface area contributed by atoms with Crippen LogP contribution in [0.5, 0.6) is 0 Å². The number of rotatable bonds is 5. The average Bonchev–Trinajstić information content (AvgIpc) is 2.07. The van der Waals surface area contributed by atoms with Gasteiger partial charge in [0, 0.05) is 17.4 Å². The molecule has 0 aromatic carbocycles. The molecule has 0 aromatic rings. The lowest BCUT2D eigenvalue weighted by molar-refractivity contribution is -0.430. The summed E-state index contributed by atoms with van der Waals surface area (Å²) < 4.78 is 33.4. The molecule has 0 N–H and O–H groups in total. The summed E-state index contributed by atoms with van der Waals surface area (Å²) in [7, 11) is 0. The van der Waals surface area contributed by atoms with Crippen LogP contribution in [0.25, 0.3) is 0 Å². The largest absolute Gasteiger partial charge is 0.379 e. The highest BCUT2D eigenvalue weighted by Gasteiger charge is 2.87. The molecule has 0 amide bonds. The van der Waals surface area contributed by atoms with E-state index in [9.17, 15) is 8.78 Å². The van der Waals surface area contributed by atoms with Crippen molar-refractivity contribution in [2.24, 2.45) is 16.7 Å². The van der Waals surface area contributed by atoms with Gasteiger partial charge in [-0.05, 0) is 39.0 Å². The molecule has 1 nitrogen and oxygen atoms in total. The molecule has 0 atom stereocenters. The van der Waals surface area contributed by atoms with Crippen LogP contribution >= 0.6 is 0 Å². The Morgan fingerprint density at radius 3 is 2.06 bits per heavy atom. The van der Waals surface area contributed by atoms with Crippen LogP contribution in [0.3, 0.4) is 0 Å². The normalized spacial score (nSPS) is 39.8. The molecule has 0 aliphatic heterocycles. The van der Waals surface area contributed by atoms with E-state index in [1.54, 1.807) is 0 Å². The second kappa shape index (κ2) is 3.41. The summed E-state index contributed by atoms with van der Waals surface area (Å²) >= 11 is 0. The second-order valence-electron chi connectivity index (χ2n) is 6.19. The zero-order chi connectivity index (χ0) is 12.2. The maximum absolute atomic E-state index is 14.0. The van der Waals surface area contributed by atoms with E-state index in [0.717, 1.165) is 0 Å². The predicted molar refractivity (Wildman–Crippen MR) is 59.6 cm³/mol. The van der Waals surface area contributed by atoms with Crippen molar-refractivity contribution in [3.05, 3.63) is 0 Å².